The van der Waals surface area contributed by atoms with Crippen molar-refractivity contribution in [2.24, 2.45) is 0 Å². The Kier molecular flexibility index (Phi) is 5.48. The lowest BCUT2D eigenvalue weighted by atomic mass is 10.2. The van der Waals surface area contributed by atoms with Crippen molar-refractivity contribution in [2.45, 2.75) is 24.0 Å². The molecular formula is C22H16F2N4O2S2. The molecule has 0 bridgehead atoms. The summed E-state index contributed by atoms with van der Waals surface area (Å²) < 4.78 is 28.3. The SMILES string of the molecule is O=C(CSc1nc2ccccc2c(=O)n1C1CC1)Nc1nc(-c2ccc(F)c(F)c2)cs1. The summed E-state index contributed by atoms with van der Waals surface area (Å²) in [4.78, 5) is 34.3. The fraction of sp³-hybridized carbons (Fsp3) is 0.182. The second-order valence-electron chi connectivity index (χ2n) is 7.32. The lowest BCUT2D eigenvalue weighted by Crippen LogP contribution is -2.23. The minimum Gasteiger partial charge on any atom is -0.301 e. The summed E-state index contributed by atoms with van der Waals surface area (Å²) in [5.41, 5.74) is 1.38. The molecule has 0 aliphatic heterocycles. The third-order valence-corrected chi connectivity index (χ3v) is 6.70. The van der Waals surface area contributed by atoms with Gasteiger partial charge in [-0.2, -0.15) is 0 Å². The van der Waals surface area contributed by atoms with E-state index in [9.17, 15) is 18.4 Å². The van der Waals surface area contributed by atoms with Gasteiger partial charge in [-0.15, -0.1) is 11.3 Å². The van der Waals surface area contributed by atoms with Crippen LogP contribution in [0.5, 0.6) is 0 Å². The number of hydrogen-bond acceptors (Lipinski definition) is 6. The van der Waals surface area contributed by atoms with Gasteiger partial charge >= 0.3 is 0 Å². The number of anilines is 1. The molecule has 2 aromatic carbocycles. The van der Waals surface area contributed by atoms with Gasteiger partial charge in [-0.1, -0.05) is 23.9 Å². The second-order valence-corrected chi connectivity index (χ2v) is 9.12. The molecule has 32 heavy (non-hydrogen) atoms. The smallest absolute Gasteiger partial charge is 0.262 e. The third kappa shape index (κ3) is 4.15. The summed E-state index contributed by atoms with van der Waals surface area (Å²) >= 11 is 2.39. The summed E-state index contributed by atoms with van der Waals surface area (Å²) in [5, 5.41) is 5.81. The zero-order chi connectivity index (χ0) is 22.2. The lowest BCUT2D eigenvalue weighted by molar-refractivity contribution is -0.113. The Hall–Kier alpha value is -3.11. The van der Waals surface area contributed by atoms with Crippen LogP contribution in [0.25, 0.3) is 22.2 Å². The first kappa shape index (κ1) is 20.8. The molecule has 0 radical (unpaired) electrons. The Bertz CT molecular complexity index is 1400. The molecule has 0 unspecified atom stereocenters. The van der Waals surface area contributed by atoms with Crippen molar-refractivity contribution in [3.8, 4) is 11.3 Å². The first-order valence-corrected chi connectivity index (χ1v) is 11.7. The average molecular weight is 471 g/mol. The van der Waals surface area contributed by atoms with Crippen LogP contribution in [0, 0.1) is 11.6 Å². The third-order valence-electron chi connectivity index (χ3n) is 4.99. The number of halogens is 2. The Morgan fingerprint density at radius 3 is 2.75 bits per heavy atom. The number of carbonyl (C=O) groups is 1. The van der Waals surface area contributed by atoms with E-state index in [0.717, 1.165) is 25.0 Å². The number of thiazole rings is 1. The van der Waals surface area contributed by atoms with Crippen molar-refractivity contribution in [1.82, 2.24) is 14.5 Å². The van der Waals surface area contributed by atoms with E-state index in [1.807, 2.05) is 12.1 Å². The number of nitrogens with zero attached hydrogens (tertiary/aromatic N) is 3. The summed E-state index contributed by atoms with van der Waals surface area (Å²) in [6.45, 7) is 0. The van der Waals surface area contributed by atoms with E-state index in [1.54, 1.807) is 22.1 Å². The van der Waals surface area contributed by atoms with Gasteiger partial charge in [0.25, 0.3) is 5.56 Å². The van der Waals surface area contributed by atoms with Crippen LogP contribution in [-0.2, 0) is 4.79 Å². The van der Waals surface area contributed by atoms with Gasteiger partial charge in [-0.3, -0.25) is 14.2 Å². The highest BCUT2D eigenvalue weighted by atomic mass is 32.2. The van der Waals surface area contributed by atoms with Gasteiger partial charge in [-0.25, -0.2) is 18.7 Å². The van der Waals surface area contributed by atoms with Gasteiger partial charge < -0.3 is 5.32 Å². The highest BCUT2D eigenvalue weighted by Crippen LogP contribution is 2.37. The predicted octanol–water partition coefficient (Wildman–Crippen LogP) is 4.86. The largest absolute Gasteiger partial charge is 0.301 e. The van der Waals surface area contributed by atoms with Gasteiger partial charge in [0.15, 0.2) is 21.9 Å². The maximum atomic E-state index is 13.5. The molecule has 5 rings (SSSR count). The number of aromatic nitrogens is 3. The molecular weight excluding hydrogens is 454 g/mol. The average Bonchev–Trinajstić information content (AvgIpc) is 3.52. The normalized spacial score (nSPS) is 13.4. The number of nitrogens with one attached hydrogen (secondary N) is 1. The Balaban J connectivity index is 1.30. The van der Waals surface area contributed by atoms with Crippen LogP contribution >= 0.6 is 23.1 Å². The van der Waals surface area contributed by atoms with E-state index in [0.29, 0.717) is 32.4 Å². The molecule has 0 spiro atoms. The molecule has 0 saturated heterocycles. The Morgan fingerprint density at radius 1 is 1.16 bits per heavy atom. The number of fused-ring (bicyclic) bond motifs is 1. The minimum absolute atomic E-state index is 0.0532. The monoisotopic (exact) mass is 470 g/mol. The molecule has 6 nitrogen and oxygen atoms in total. The van der Waals surface area contributed by atoms with Crippen molar-refractivity contribution < 1.29 is 13.6 Å². The lowest BCUT2D eigenvalue weighted by Gasteiger charge is -2.12. The number of hydrogen-bond donors (Lipinski definition) is 1. The number of carbonyl (C=O) groups excluding carboxylic acids is 1. The van der Waals surface area contributed by atoms with Crippen LogP contribution in [0.1, 0.15) is 18.9 Å². The molecule has 2 heterocycles. The zero-order valence-corrected chi connectivity index (χ0v) is 18.2. The number of amides is 1. The molecule has 4 aromatic rings. The van der Waals surface area contributed by atoms with E-state index < -0.39 is 11.6 Å². The summed E-state index contributed by atoms with van der Waals surface area (Å²) in [6, 6.07) is 10.8. The molecule has 10 heteroatoms. The zero-order valence-electron chi connectivity index (χ0n) is 16.5. The number of thioether (sulfide) groups is 1. The Labute approximate surface area is 189 Å². The molecule has 162 valence electrons. The van der Waals surface area contributed by atoms with Gasteiger partial charge in [-0.05, 0) is 43.2 Å². The van der Waals surface area contributed by atoms with Gasteiger partial charge in [0.2, 0.25) is 5.91 Å². The summed E-state index contributed by atoms with van der Waals surface area (Å²) in [6.07, 6.45) is 1.84. The van der Waals surface area contributed by atoms with Gasteiger partial charge in [0.05, 0.1) is 22.3 Å². The molecule has 0 atom stereocenters. The van der Waals surface area contributed by atoms with Gasteiger partial charge in [0, 0.05) is 17.0 Å². The van der Waals surface area contributed by atoms with E-state index in [1.165, 1.54) is 29.2 Å². The number of benzene rings is 2. The molecule has 1 amide bonds. The van der Waals surface area contributed by atoms with Crippen LogP contribution < -0.4 is 10.9 Å². The van der Waals surface area contributed by atoms with Crippen molar-refractivity contribution in [1.29, 1.82) is 0 Å². The van der Waals surface area contributed by atoms with Crippen LogP contribution in [-0.4, -0.2) is 26.2 Å². The van der Waals surface area contributed by atoms with E-state index in [4.69, 9.17) is 0 Å². The standard InChI is InChI=1S/C22H16F2N4O2S2/c23-15-8-5-12(9-16(15)24)18-10-31-21(25-18)27-19(29)11-32-22-26-17-4-2-1-3-14(17)20(30)28(22)13-6-7-13/h1-5,8-10,13H,6-7,11H2,(H,25,27,29). The first-order valence-electron chi connectivity index (χ1n) is 9.84. The van der Waals surface area contributed by atoms with E-state index in [2.05, 4.69) is 15.3 Å². The molecule has 1 N–H and O–H groups in total. The van der Waals surface area contributed by atoms with Crippen LogP contribution in [0.4, 0.5) is 13.9 Å². The van der Waals surface area contributed by atoms with E-state index in [-0.39, 0.29) is 23.3 Å². The minimum atomic E-state index is -0.956. The maximum absolute atomic E-state index is 13.5. The number of para-hydroxylation sites is 1. The van der Waals surface area contributed by atoms with Crippen molar-refractivity contribution >= 4 is 45.0 Å². The fourth-order valence-corrected chi connectivity index (χ4v) is 4.89. The Morgan fingerprint density at radius 2 is 1.97 bits per heavy atom. The molecule has 1 aliphatic carbocycles. The second kappa shape index (κ2) is 8.44. The topological polar surface area (TPSA) is 76.9 Å². The van der Waals surface area contributed by atoms with Crippen LogP contribution in [0.15, 0.2) is 57.8 Å². The van der Waals surface area contributed by atoms with Crippen LogP contribution in [0.3, 0.4) is 0 Å². The quantitative estimate of drug-likeness (QED) is 0.322. The van der Waals surface area contributed by atoms with Crippen LogP contribution in [0.2, 0.25) is 0 Å². The predicted molar refractivity (Wildman–Crippen MR) is 121 cm³/mol. The fourth-order valence-electron chi connectivity index (χ4n) is 3.29. The maximum Gasteiger partial charge on any atom is 0.262 e. The highest BCUT2D eigenvalue weighted by molar-refractivity contribution is 7.99. The molecule has 1 fully saturated rings. The van der Waals surface area contributed by atoms with Crippen molar-refractivity contribution in [3.05, 3.63) is 69.8 Å². The molecule has 1 aliphatic rings. The summed E-state index contributed by atoms with van der Waals surface area (Å²) in [5.74, 6) is -2.13. The van der Waals surface area contributed by atoms with E-state index >= 15 is 0 Å². The molecule has 2 aromatic heterocycles. The first-order chi connectivity index (χ1) is 15.5. The molecule has 1 saturated carbocycles. The van der Waals surface area contributed by atoms with Gasteiger partial charge in [0.1, 0.15) is 0 Å². The number of rotatable bonds is 6. The highest BCUT2D eigenvalue weighted by Gasteiger charge is 2.28. The van der Waals surface area contributed by atoms with Crippen molar-refractivity contribution in [2.75, 3.05) is 11.1 Å². The summed E-state index contributed by atoms with van der Waals surface area (Å²) in [7, 11) is 0. The van der Waals surface area contributed by atoms with Crippen molar-refractivity contribution in [3.63, 3.8) is 0 Å².